The van der Waals surface area contributed by atoms with Gasteiger partial charge in [0.25, 0.3) is 0 Å². The fourth-order valence-corrected chi connectivity index (χ4v) is 3.72. The molecule has 0 spiro atoms. The quantitative estimate of drug-likeness (QED) is 0.867. The Hall–Kier alpha value is -1.35. The smallest absolute Gasteiger partial charge is 0.114 e. The highest BCUT2D eigenvalue weighted by Crippen LogP contribution is 2.35. The normalized spacial score (nSPS) is 19.1. The lowest BCUT2D eigenvalue weighted by Crippen LogP contribution is -2.24. The minimum Gasteiger partial charge on any atom is -0.331 e. The minimum absolute atomic E-state index is 0.408. The van der Waals surface area contributed by atoms with Crippen molar-refractivity contribution in [3.8, 4) is 0 Å². The molecule has 3 rings (SSSR count). The molecule has 3 heteroatoms. The number of imidazole rings is 1. The van der Waals surface area contributed by atoms with Crippen molar-refractivity contribution >= 4 is 11.0 Å². The summed E-state index contributed by atoms with van der Waals surface area (Å²) in [5, 5.41) is 0. The van der Waals surface area contributed by atoms with Crippen LogP contribution < -0.4 is 5.73 Å². The van der Waals surface area contributed by atoms with Crippen LogP contribution in [0, 0.1) is 5.92 Å². The molecule has 0 bridgehead atoms. The predicted octanol–water partition coefficient (Wildman–Crippen LogP) is 3.59. The van der Waals surface area contributed by atoms with Crippen LogP contribution in [0.15, 0.2) is 24.3 Å². The first-order valence-corrected chi connectivity index (χ1v) is 7.92. The SMILES string of the molecule is Cn1c(C(CN)C2CCCCCC2)nc2ccccc21. The zero-order valence-electron chi connectivity index (χ0n) is 12.4. The highest BCUT2D eigenvalue weighted by molar-refractivity contribution is 5.75. The number of aryl methyl sites for hydroxylation is 1. The van der Waals surface area contributed by atoms with Crippen LogP contribution in [-0.2, 0) is 7.05 Å². The van der Waals surface area contributed by atoms with Crippen LogP contribution in [0.25, 0.3) is 11.0 Å². The molecular formula is C17H25N3. The van der Waals surface area contributed by atoms with Crippen molar-refractivity contribution in [1.82, 2.24) is 9.55 Å². The van der Waals surface area contributed by atoms with Gasteiger partial charge in [0.1, 0.15) is 5.82 Å². The van der Waals surface area contributed by atoms with Crippen LogP contribution in [0.3, 0.4) is 0 Å². The van der Waals surface area contributed by atoms with Gasteiger partial charge < -0.3 is 10.3 Å². The number of rotatable bonds is 3. The molecule has 1 heterocycles. The summed E-state index contributed by atoms with van der Waals surface area (Å²) in [6, 6.07) is 8.38. The number of hydrogen-bond acceptors (Lipinski definition) is 2. The van der Waals surface area contributed by atoms with E-state index in [1.807, 2.05) is 0 Å². The zero-order valence-corrected chi connectivity index (χ0v) is 12.4. The van der Waals surface area contributed by atoms with E-state index in [0.717, 1.165) is 5.52 Å². The van der Waals surface area contributed by atoms with Crippen LogP contribution in [0.4, 0.5) is 0 Å². The molecule has 20 heavy (non-hydrogen) atoms. The number of aromatic nitrogens is 2. The Bertz CT molecular complexity index is 565. The van der Waals surface area contributed by atoms with Crippen molar-refractivity contribution in [2.75, 3.05) is 6.54 Å². The number of para-hydroxylation sites is 2. The molecule has 0 saturated heterocycles. The van der Waals surface area contributed by atoms with Crippen molar-refractivity contribution in [3.63, 3.8) is 0 Å². The van der Waals surface area contributed by atoms with E-state index in [9.17, 15) is 0 Å². The summed E-state index contributed by atoms with van der Waals surface area (Å²) in [6.45, 7) is 0.710. The maximum absolute atomic E-state index is 6.12. The summed E-state index contributed by atoms with van der Waals surface area (Å²) >= 11 is 0. The average molecular weight is 271 g/mol. The van der Waals surface area contributed by atoms with Crippen molar-refractivity contribution in [2.24, 2.45) is 18.7 Å². The highest BCUT2D eigenvalue weighted by atomic mass is 15.1. The largest absolute Gasteiger partial charge is 0.331 e. The molecule has 1 aromatic carbocycles. The molecule has 1 aromatic heterocycles. The number of fused-ring (bicyclic) bond motifs is 1. The zero-order chi connectivity index (χ0) is 13.9. The second-order valence-corrected chi connectivity index (χ2v) is 6.11. The first-order chi connectivity index (χ1) is 9.81. The molecule has 1 atom stereocenters. The summed E-state index contributed by atoms with van der Waals surface area (Å²) in [4.78, 5) is 4.87. The van der Waals surface area contributed by atoms with Gasteiger partial charge in [-0.25, -0.2) is 4.98 Å². The second-order valence-electron chi connectivity index (χ2n) is 6.11. The molecular weight excluding hydrogens is 246 g/mol. The van der Waals surface area contributed by atoms with Gasteiger partial charge in [-0.05, 0) is 30.9 Å². The van der Waals surface area contributed by atoms with Gasteiger partial charge in [0.05, 0.1) is 11.0 Å². The van der Waals surface area contributed by atoms with Crippen LogP contribution >= 0.6 is 0 Å². The molecule has 2 aromatic rings. The summed E-state index contributed by atoms with van der Waals surface area (Å²) < 4.78 is 2.25. The Balaban J connectivity index is 1.95. The van der Waals surface area contributed by atoms with E-state index in [4.69, 9.17) is 10.7 Å². The molecule has 108 valence electrons. The van der Waals surface area contributed by atoms with Crippen molar-refractivity contribution < 1.29 is 0 Å². The van der Waals surface area contributed by atoms with Gasteiger partial charge >= 0.3 is 0 Å². The third kappa shape index (κ3) is 2.47. The fraction of sp³-hybridized carbons (Fsp3) is 0.588. The van der Waals surface area contributed by atoms with E-state index in [0.29, 0.717) is 18.4 Å². The Morgan fingerprint density at radius 1 is 1.20 bits per heavy atom. The lowest BCUT2D eigenvalue weighted by molar-refractivity contribution is 0.364. The first kappa shape index (κ1) is 13.6. The van der Waals surface area contributed by atoms with Crippen LogP contribution in [0.5, 0.6) is 0 Å². The van der Waals surface area contributed by atoms with Crippen molar-refractivity contribution in [1.29, 1.82) is 0 Å². The van der Waals surface area contributed by atoms with Crippen molar-refractivity contribution in [2.45, 2.75) is 44.4 Å². The number of benzene rings is 1. The Morgan fingerprint density at radius 2 is 1.90 bits per heavy atom. The Labute approximate surface area is 121 Å². The average Bonchev–Trinajstić information content (AvgIpc) is 2.68. The molecule has 1 aliphatic rings. The molecule has 0 radical (unpaired) electrons. The van der Waals surface area contributed by atoms with Gasteiger partial charge in [-0.1, -0.05) is 37.8 Å². The molecule has 1 saturated carbocycles. The molecule has 1 unspecified atom stereocenters. The van der Waals surface area contributed by atoms with Gasteiger partial charge in [-0.15, -0.1) is 0 Å². The van der Waals surface area contributed by atoms with Crippen LogP contribution in [0.2, 0.25) is 0 Å². The van der Waals surface area contributed by atoms with Crippen LogP contribution in [0.1, 0.15) is 50.3 Å². The third-order valence-electron chi connectivity index (χ3n) is 4.88. The van der Waals surface area contributed by atoms with Crippen LogP contribution in [-0.4, -0.2) is 16.1 Å². The highest BCUT2D eigenvalue weighted by Gasteiger charge is 2.26. The van der Waals surface area contributed by atoms with E-state index in [-0.39, 0.29) is 0 Å². The third-order valence-corrected chi connectivity index (χ3v) is 4.88. The second kappa shape index (κ2) is 5.96. The molecule has 1 aliphatic carbocycles. The maximum atomic E-state index is 6.12. The fourth-order valence-electron chi connectivity index (χ4n) is 3.72. The van der Waals surface area contributed by atoms with Gasteiger partial charge in [-0.2, -0.15) is 0 Å². The standard InChI is InChI=1S/C17H25N3/c1-20-16-11-7-6-10-15(16)19-17(20)14(12-18)13-8-4-2-3-5-9-13/h6-7,10-11,13-14H,2-5,8-9,12,18H2,1H3. The summed E-state index contributed by atoms with van der Waals surface area (Å²) in [6.07, 6.45) is 8.10. The van der Waals surface area contributed by atoms with E-state index in [2.05, 4.69) is 35.9 Å². The monoisotopic (exact) mass is 271 g/mol. The number of hydrogen-bond donors (Lipinski definition) is 1. The first-order valence-electron chi connectivity index (χ1n) is 7.92. The Kier molecular flexibility index (Phi) is 4.06. The minimum atomic E-state index is 0.408. The number of nitrogens with two attached hydrogens (primary N) is 1. The van der Waals surface area contributed by atoms with E-state index < -0.39 is 0 Å². The molecule has 3 nitrogen and oxygen atoms in total. The lowest BCUT2D eigenvalue weighted by Gasteiger charge is -2.24. The molecule has 0 aliphatic heterocycles. The van der Waals surface area contributed by atoms with Gasteiger partial charge in [0.15, 0.2) is 0 Å². The van der Waals surface area contributed by atoms with Gasteiger partial charge in [0.2, 0.25) is 0 Å². The number of nitrogens with zero attached hydrogens (tertiary/aromatic N) is 2. The summed E-state index contributed by atoms with van der Waals surface area (Å²) in [5.74, 6) is 2.30. The molecule has 0 amide bonds. The van der Waals surface area contributed by atoms with E-state index in [1.54, 1.807) is 0 Å². The summed E-state index contributed by atoms with van der Waals surface area (Å²) in [7, 11) is 2.13. The predicted molar refractivity (Wildman–Crippen MR) is 83.7 cm³/mol. The maximum Gasteiger partial charge on any atom is 0.114 e. The van der Waals surface area contributed by atoms with Crippen molar-refractivity contribution in [3.05, 3.63) is 30.1 Å². The summed E-state index contributed by atoms with van der Waals surface area (Å²) in [5.41, 5.74) is 8.44. The Morgan fingerprint density at radius 3 is 2.55 bits per heavy atom. The van der Waals surface area contributed by atoms with Gasteiger partial charge in [0, 0.05) is 19.5 Å². The topological polar surface area (TPSA) is 43.8 Å². The van der Waals surface area contributed by atoms with E-state index in [1.165, 1.54) is 49.9 Å². The van der Waals surface area contributed by atoms with E-state index >= 15 is 0 Å². The van der Waals surface area contributed by atoms with Gasteiger partial charge in [-0.3, -0.25) is 0 Å². The molecule has 2 N–H and O–H groups in total. The lowest BCUT2D eigenvalue weighted by atomic mass is 9.85. The molecule has 1 fully saturated rings.